The van der Waals surface area contributed by atoms with E-state index in [0.29, 0.717) is 11.7 Å². The zero-order valence-electron chi connectivity index (χ0n) is 11.3. The van der Waals surface area contributed by atoms with Gasteiger partial charge in [-0.15, -0.1) is 0 Å². The lowest BCUT2D eigenvalue weighted by molar-refractivity contribution is 0.155. The van der Waals surface area contributed by atoms with E-state index < -0.39 is 6.10 Å². The van der Waals surface area contributed by atoms with Gasteiger partial charge in [-0.25, -0.2) is 0 Å². The molecule has 1 aliphatic heterocycles. The summed E-state index contributed by atoms with van der Waals surface area (Å²) in [6.45, 7) is 4.29. The highest BCUT2D eigenvalue weighted by Gasteiger charge is 2.31. The normalized spacial score (nSPS) is 22.8. The smallest absolute Gasteiger partial charge is 0.161 e. The maximum Gasteiger partial charge on any atom is 0.161 e. The summed E-state index contributed by atoms with van der Waals surface area (Å²) in [5.41, 5.74) is 2.12. The van der Waals surface area contributed by atoms with Gasteiger partial charge in [0.15, 0.2) is 11.5 Å². The summed E-state index contributed by atoms with van der Waals surface area (Å²) in [6, 6.07) is 3.88. The molecule has 0 amide bonds. The molecule has 0 spiro atoms. The van der Waals surface area contributed by atoms with Crippen molar-refractivity contribution in [3.63, 3.8) is 0 Å². The van der Waals surface area contributed by atoms with E-state index in [1.807, 2.05) is 23.9 Å². The fraction of sp³-hybridized carbons (Fsp3) is 0.571. The summed E-state index contributed by atoms with van der Waals surface area (Å²) >= 11 is 1.81. The van der Waals surface area contributed by atoms with Crippen LogP contribution in [0.1, 0.15) is 31.1 Å². The molecule has 2 unspecified atom stereocenters. The van der Waals surface area contributed by atoms with E-state index in [1.54, 1.807) is 14.2 Å². The van der Waals surface area contributed by atoms with Gasteiger partial charge in [-0.1, -0.05) is 13.8 Å². The van der Waals surface area contributed by atoms with Crippen molar-refractivity contribution in [3.8, 4) is 11.5 Å². The van der Waals surface area contributed by atoms with Gasteiger partial charge in [-0.2, -0.15) is 11.8 Å². The van der Waals surface area contributed by atoms with Crippen LogP contribution in [0, 0.1) is 5.92 Å². The van der Waals surface area contributed by atoms with Crippen LogP contribution in [0.2, 0.25) is 0 Å². The Labute approximate surface area is 112 Å². The fourth-order valence-corrected chi connectivity index (χ4v) is 3.68. The van der Waals surface area contributed by atoms with Crippen molar-refractivity contribution in [2.45, 2.75) is 31.0 Å². The number of benzene rings is 1. The summed E-state index contributed by atoms with van der Waals surface area (Å²) < 4.78 is 10.6. The van der Waals surface area contributed by atoms with Gasteiger partial charge in [0, 0.05) is 11.0 Å². The Hall–Kier alpha value is -0.870. The maximum atomic E-state index is 10.5. The molecule has 18 heavy (non-hydrogen) atoms. The highest BCUT2D eigenvalue weighted by Crippen LogP contribution is 2.44. The van der Waals surface area contributed by atoms with Gasteiger partial charge in [0.05, 0.1) is 20.3 Å². The molecular weight excluding hydrogens is 248 g/mol. The zero-order valence-corrected chi connectivity index (χ0v) is 12.1. The number of aliphatic hydroxyl groups excluding tert-OH is 1. The predicted molar refractivity (Wildman–Crippen MR) is 74.4 cm³/mol. The largest absolute Gasteiger partial charge is 0.493 e. The monoisotopic (exact) mass is 268 g/mol. The lowest BCUT2D eigenvalue weighted by Crippen LogP contribution is -2.25. The van der Waals surface area contributed by atoms with Crippen LogP contribution < -0.4 is 9.47 Å². The molecule has 1 heterocycles. The van der Waals surface area contributed by atoms with Crippen LogP contribution in [0.15, 0.2) is 12.1 Å². The molecule has 1 aromatic carbocycles. The van der Waals surface area contributed by atoms with Crippen LogP contribution in [-0.2, 0) is 5.75 Å². The minimum atomic E-state index is -0.432. The van der Waals surface area contributed by atoms with Crippen molar-refractivity contribution in [2.24, 2.45) is 5.92 Å². The van der Waals surface area contributed by atoms with Gasteiger partial charge in [0.25, 0.3) is 0 Å². The van der Waals surface area contributed by atoms with Crippen molar-refractivity contribution < 1.29 is 14.6 Å². The number of aliphatic hydroxyl groups is 1. The Kier molecular flexibility index (Phi) is 4.07. The van der Waals surface area contributed by atoms with E-state index in [0.717, 1.165) is 22.6 Å². The van der Waals surface area contributed by atoms with Crippen molar-refractivity contribution in [1.29, 1.82) is 0 Å². The molecule has 0 saturated heterocycles. The average molecular weight is 268 g/mol. The highest BCUT2D eigenvalue weighted by atomic mass is 32.2. The number of hydrogen-bond donors (Lipinski definition) is 1. The lowest BCUT2D eigenvalue weighted by Gasteiger charge is -2.32. The molecule has 0 radical (unpaired) electrons. The summed E-state index contributed by atoms with van der Waals surface area (Å²) in [5.74, 6) is 2.78. The lowest BCUT2D eigenvalue weighted by atomic mass is 9.94. The number of thioether (sulfide) groups is 1. The highest BCUT2D eigenvalue weighted by molar-refractivity contribution is 7.99. The number of fused-ring (bicyclic) bond motifs is 1. The van der Waals surface area contributed by atoms with Crippen LogP contribution in [-0.4, -0.2) is 24.6 Å². The third-order valence-electron chi connectivity index (χ3n) is 3.36. The van der Waals surface area contributed by atoms with Crippen LogP contribution in [0.25, 0.3) is 0 Å². The average Bonchev–Trinajstić information content (AvgIpc) is 2.37. The first kappa shape index (κ1) is 13.6. The SMILES string of the molecule is COc1cc2c(cc1OC)C(O)C(C(C)C)SC2. The summed E-state index contributed by atoms with van der Waals surface area (Å²) in [4.78, 5) is 0. The molecule has 2 atom stereocenters. The number of methoxy groups -OCH3 is 2. The van der Waals surface area contributed by atoms with Gasteiger partial charge in [0.2, 0.25) is 0 Å². The Morgan fingerprint density at radius 3 is 2.39 bits per heavy atom. The second kappa shape index (κ2) is 5.41. The Balaban J connectivity index is 2.42. The van der Waals surface area contributed by atoms with E-state index in [2.05, 4.69) is 13.8 Å². The molecule has 2 rings (SSSR count). The Morgan fingerprint density at radius 2 is 1.83 bits per heavy atom. The molecule has 1 aliphatic rings. The van der Waals surface area contributed by atoms with E-state index in [-0.39, 0.29) is 5.25 Å². The molecule has 1 N–H and O–H groups in total. The Morgan fingerprint density at radius 1 is 1.22 bits per heavy atom. The molecule has 100 valence electrons. The molecule has 0 aromatic heterocycles. The minimum absolute atomic E-state index is 0.246. The van der Waals surface area contributed by atoms with Crippen LogP contribution >= 0.6 is 11.8 Å². The molecule has 0 saturated carbocycles. The van der Waals surface area contributed by atoms with Gasteiger partial charge < -0.3 is 14.6 Å². The summed E-state index contributed by atoms with van der Waals surface area (Å²) in [5, 5.41) is 10.7. The molecule has 3 nitrogen and oxygen atoms in total. The summed E-state index contributed by atoms with van der Waals surface area (Å²) in [7, 11) is 3.25. The zero-order chi connectivity index (χ0) is 13.3. The molecule has 0 fully saturated rings. The quantitative estimate of drug-likeness (QED) is 0.914. The number of rotatable bonds is 3. The van der Waals surface area contributed by atoms with E-state index in [1.165, 1.54) is 0 Å². The van der Waals surface area contributed by atoms with Crippen molar-refractivity contribution >= 4 is 11.8 Å². The van der Waals surface area contributed by atoms with Crippen LogP contribution in [0.5, 0.6) is 11.5 Å². The van der Waals surface area contributed by atoms with Crippen LogP contribution in [0.3, 0.4) is 0 Å². The van der Waals surface area contributed by atoms with Gasteiger partial charge in [-0.3, -0.25) is 0 Å². The van der Waals surface area contributed by atoms with Crippen molar-refractivity contribution in [3.05, 3.63) is 23.3 Å². The first-order valence-corrected chi connectivity index (χ1v) is 7.17. The molecule has 1 aromatic rings. The Bertz CT molecular complexity index is 431. The maximum absolute atomic E-state index is 10.5. The standard InChI is InChI=1S/C14H20O3S/c1-8(2)14-13(15)10-6-12(17-4)11(16-3)5-9(10)7-18-14/h5-6,8,13-15H,7H2,1-4H3. The molecular formula is C14H20O3S. The fourth-order valence-electron chi connectivity index (χ4n) is 2.35. The minimum Gasteiger partial charge on any atom is -0.493 e. The van der Waals surface area contributed by atoms with Gasteiger partial charge >= 0.3 is 0 Å². The second-order valence-electron chi connectivity index (χ2n) is 4.87. The van der Waals surface area contributed by atoms with E-state index in [9.17, 15) is 5.11 Å². The first-order valence-electron chi connectivity index (χ1n) is 6.13. The van der Waals surface area contributed by atoms with Gasteiger partial charge in [-0.05, 0) is 29.2 Å². The summed E-state index contributed by atoms with van der Waals surface area (Å²) in [6.07, 6.45) is -0.432. The molecule has 4 heteroatoms. The first-order chi connectivity index (χ1) is 8.58. The predicted octanol–water partition coefficient (Wildman–Crippen LogP) is 3.01. The van der Waals surface area contributed by atoms with Crippen LogP contribution in [0.4, 0.5) is 0 Å². The number of hydrogen-bond acceptors (Lipinski definition) is 4. The number of ether oxygens (including phenoxy) is 2. The second-order valence-corrected chi connectivity index (χ2v) is 6.04. The molecule has 0 aliphatic carbocycles. The van der Waals surface area contributed by atoms with Crippen molar-refractivity contribution in [2.75, 3.05) is 14.2 Å². The van der Waals surface area contributed by atoms with E-state index >= 15 is 0 Å². The van der Waals surface area contributed by atoms with E-state index in [4.69, 9.17) is 9.47 Å². The van der Waals surface area contributed by atoms with Crippen molar-refractivity contribution in [1.82, 2.24) is 0 Å². The van der Waals surface area contributed by atoms with Gasteiger partial charge in [0.1, 0.15) is 0 Å². The topological polar surface area (TPSA) is 38.7 Å². The molecule has 0 bridgehead atoms. The third kappa shape index (κ3) is 2.31. The third-order valence-corrected chi connectivity index (χ3v) is 5.03.